The van der Waals surface area contributed by atoms with Crippen LogP contribution in [0, 0.1) is 0 Å². The van der Waals surface area contributed by atoms with Crippen molar-refractivity contribution in [2.75, 3.05) is 39.6 Å². The second kappa shape index (κ2) is 74.2. The molecule has 17 nitrogen and oxygen atoms in total. The van der Waals surface area contributed by atoms with Crippen LogP contribution in [-0.4, -0.2) is 96.7 Å². The van der Waals surface area contributed by atoms with Gasteiger partial charge in [0.05, 0.1) is 26.4 Å². The van der Waals surface area contributed by atoms with E-state index < -0.39 is 97.5 Å². The molecule has 582 valence electrons. The molecule has 5 atom stereocenters. The lowest BCUT2D eigenvalue weighted by molar-refractivity contribution is -0.161. The number of carbonyl (C=O) groups is 4. The summed E-state index contributed by atoms with van der Waals surface area (Å²) in [4.78, 5) is 72.9. The first-order chi connectivity index (χ1) is 49.7. The van der Waals surface area contributed by atoms with Crippen LogP contribution in [0.4, 0.5) is 0 Å². The minimum Gasteiger partial charge on any atom is -0.462 e. The summed E-state index contributed by atoms with van der Waals surface area (Å²) in [6.07, 6.45) is 84.2. The number of carbonyl (C=O) groups excluding carboxylic acids is 4. The van der Waals surface area contributed by atoms with Crippen molar-refractivity contribution < 1.29 is 80.2 Å². The van der Waals surface area contributed by atoms with Crippen molar-refractivity contribution in [2.45, 2.75) is 316 Å². The second-order valence-corrected chi connectivity index (χ2v) is 28.4. The number of ether oxygens (including phenoxy) is 4. The first-order valence-electron chi connectivity index (χ1n) is 39.1. The van der Waals surface area contributed by atoms with Gasteiger partial charge in [0, 0.05) is 25.7 Å². The van der Waals surface area contributed by atoms with E-state index >= 15 is 0 Å². The van der Waals surface area contributed by atoms with Gasteiger partial charge in [0.25, 0.3) is 0 Å². The lowest BCUT2D eigenvalue weighted by atomic mass is 10.1. The van der Waals surface area contributed by atoms with E-state index in [0.29, 0.717) is 32.1 Å². The molecule has 0 aliphatic rings. The van der Waals surface area contributed by atoms with Crippen LogP contribution in [0.25, 0.3) is 0 Å². The van der Waals surface area contributed by atoms with Gasteiger partial charge >= 0.3 is 39.5 Å². The Morgan fingerprint density at radius 3 is 0.892 bits per heavy atom. The van der Waals surface area contributed by atoms with Crippen LogP contribution in [0.15, 0.2) is 146 Å². The molecule has 0 heterocycles. The Labute approximate surface area is 617 Å². The number of aliphatic hydroxyl groups excluding tert-OH is 1. The second-order valence-electron chi connectivity index (χ2n) is 25.5. The van der Waals surface area contributed by atoms with Crippen molar-refractivity contribution in [1.82, 2.24) is 0 Å². The highest BCUT2D eigenvalue weighted by Gasteiger charge is 2.30. The van der Waals surface area contributed by atoms with Gasteiger partial charge in [0.1, 0.15) is 19.3 Å². The lowest BCUT2D eigenvalue weighted by Gasteiger charge is -2.21. The van der Waals surface area contributed by atoms with Crippen LogP contribution in [0.2, 0.25) is 0 Å². The summed E-state index contributed by atoms with van der Waals surface area (Å²) in [5, 5.41) is 10.6. The molecule has 0 saturated heterocycles. The SMILES string of the molecule is CC/C=C\C/C=C\C/C=C\C/C=C\C/C=C\C/C=C\CCC(=O)OCC(COP(=O)(O)OCC(O)COP(=O)(O)OCC(COC(=O)CCCCCCC/C=C\CCCCCCCC)OC(=O)CCCCCCC/C=C\C/C=C\CCC)OC(=O)CCCCCCC/C=C\C/C=C\C/C=C\CC. The third-order valence-electron chi connectivity index (χ3n) is 15.8. The van der Waals surface area contributed by atoms with Crippen LogP contribution in [-0.2, 0) is 65.4 Å². The lowest BCUT2D eigenvalue weighted by Crippen LogP contribution is -2.30. The number of phosphoric ester groups is 2. The zero-order valence-electron chi connectivity index (χ0n) is 63.5. The first-order valence-corrected chi connectivity index (χ1v) is 42.1. The van der Waals surface area contributed by atoms with Gasteiger partial charge in [-0.05, 0) is 148 Å². The highest BCUT2D eigenvalue weighted by molar-refractivity contribution is 7.47. The maximum atomic E-state index is 13.1. The smallest absolute Gasteiger partial charge is 0.462 e. The van der Waals surface area contributed by atoms with Crippen LogP contribution < -0.4 is 0 Å². The number of esters is 4. The zero-order chi connectivity index (χ0) is 74.6. The van der Waals surface area contributed by atoms with Crippen LogP contribution in [0.5, 0.6) is 0 Å². The van der Waals surface area contributed by atoms with E-state index in [2.05, 4.69) is 155 Å². The molecule has 0 aromatic heterocycles. The molecular formula is C83H138O17P2. The van der Waals surface area contributed by atoms with Gasteiger partial charge in [-0.3, -0.25) is 37.3 Å². The van der Waals surface area contributed by atoms with E-state index in [1.807, 2.05) is 18.2 Å². The Balaban J connectivity index is 5.45. The molecule has 0 fully saturated rings. The molecule has 0 rings (SSSR count). The summed E-state index contributed by atoms with van der Waals surface area (Å²) in [5.41, 5.74) is 0. The number of hydrogen-bond donors (Lipinski definition) is 3. The molecular weight excluding hydrogens is 1330 g/mol. The Hall–Kier alpha value is -5.06. The molecule has 5 unspecified atom stereocenters. The molecule has 0 spiro atoms. The summed E-state index contributed by atoms with van der Waals surface area (Å²) >= 11 is 0. The Kier molecular flexibility index (Phi) is 70.5. The third-order valence-corrected chi connectivity index (χ3v) is 17.7. The Bertz CT molecular complexity index is 2510. The topological polar surface area (TPSA) is 237 Å². The molecule has 0 bridgehead atoms. The molecule has 0 saturated carbocycles. The molecule has 19 heteroatoms. The summed E-state index contributed by atoms with van der Waals surface area (Å²) in [7, 11) is -9.99. The Morgan fingerprint density at radius 1 is 0.284 bits per heavy atom. The third kappa shape index (κ3) is 73.3. The fourth-order valence-corrected chi connectivity index (χ4v) is 11.5. The molecule has 0 aromatic carbocycles. The van der Waals surface area contributed by atoms with Gasteiger partial charge in [-0.25, -0.2) is 9.13 Å². The van der Waals surface area contributed by atoms with Gasteiger partial charge in [0.2, 0.25) is 0 Å². The van der Waals surface area contributed by atoms with E-state index in [1.54, 1.807) is 0 Å². The minimum absolute atomic E-state index is 0.0276. The number of allylic oxidation sites excluding steroid dienone is 24. The van der Waals surface area contributed by atoms with Gasteiger partial charge < -0.3 is 33.8 Å². The van der Waals surface area contributed by atoms with Crippen LogP contribution >= 0.6 is 15.6 Å². The number of rotatable bonds is 72. The summed E-state index contributed by atoms with van der Waals surface area (Å²) in [5.74, 6) is -2.32. The number of phosphoric acid groups is 2. The monoisotopic (exact) mass is 1470 g/mol. The van der Waals surface area contributed by atoms with E-state index in [-0.39, 0.29) is 25.7 Å². The quantitative estimate of drug-likeness (QED) is 0.0169. The van der Waals surface area contributed by atoms with E-state index in [4.69, 9.17) is 37.0 Å². The van der Waals surface area contributed by atoms with Gasteiger partial charge in [0.15, 0.2) is 12.2 Å². The first kappa shape index (κ1) is 96.9. The number of unbranched alkanes of at least 4 members (excludes halogenated alkanes) is 22. The predicted octanol–water partition coefficient (Wildman–Crippen LogP) is 22.7. The normalized spacial score (nSPS) is 14.7. The maximum Gasteiger partial charge on any atom is 0.472 e. The fraction of sp³-hybridized carbons (Fsp3) is 0.663. The molecule has 0 radical (unpaired) electrons. The summed E-state index contributed by atoms with van der Waals surface area (Å²) in [6, 6.07) is 0. The van der Waals surface area contributed by atoms with Crippen molar-refractivity contribution in [1.29, 1.82) is 0 Å². The molecule has 0 aliphatic heterocycles. The molecule has 0 aliphatic carbocycles. The van der Waals surface area contributed by atoms with Gasteiger partial charge in [-0.15, -0.1) is 0 Å². The van der Waals surface area contributed by atoms with E-state index in [9.17, 15) is 43.2 Å². The fourth-order valence-electron chi connectivity index (χ4n) is 9.88. The van der Waals surface area contributed by atoms with Gasteiger partial charge in [-0.2, -0.15) is 0 Å². The molecule has 102 heavy (non-hydrogen) atoms. The Morgan fingerprint density at radius 2 is 0.549 bits per heavy atom. The maximum absolute atomic E-state index is 13.1. The predicted molar refractivity (Wildman–Crippen MR) is 417 cm³/mol. The number of hydrogen-bond acceptors (Lipinski definition) is 15. The summed E-state index contributed by atoms with van der Waals surface area (Å²) in [6.45, 7) is 4.44. The standard InChI is InChI=1S/C83H138O17P2/c1-5-9-13-17-21-25-29-33-36-37-38-39-42-45-48-52-56-60-64-68-81(86)94-74-79(100-83(88)70-66-62-58-54-50-46-41-35-31-27-23-19-15-11-7-3)76-98-102(91,92)96-72-77(84)71-95-101(89,90)97-75-78(99-82(87)69-65-61-57-53-49-43-32-28-24-20-16-12-8-4)73-93-80(85)67-63-59-55-51-47-44-40-34-30-26-22-18-14-10-6-2/h9,11,13,15-16,20-21,23,25,27-28,32-36,38-41,45,48,56,60,77-79,84H,5-8,10,12,14,17-19,22,24,26,29-31,37,42-44,46-47,49-55,57-59,61-76H2,1-4H3,(H,89,90)(H,91,92)/b13-9-,15-11-,20-16-,25-21-,27-23-,32-28-,36-33-,39-38-,40-34-,41-35-,48-45-,60-56-. The van der Waals surface area contributed by atoms with Crippen LogP contribution in [0.3, 0.4) is 0 Å². The van der Waals surface area contributed by atoms with Crippen molar-refractivity contribution in [2.24, 2.45) is 0 Å². The van der Waals surface area contributed by atoms with Crippen molar-refractivity contribution in [3.63, 3.8) is 0 Å². The average Bonchev–Trinajstić information content (AvgIpc) is 0.924. The molecule has 3 N–H and O–H groups in total. The highest BCUT2D eigenvalue weighted by atomic mass is 31.2. The highest BCUT2D eigenvalue weighted by Crippen LogP contribution is 2.45. The van der Waals surface area contributed by atoms with Crippen molar-refractivity contribution in [3.8, 4) is 0 Å². The number of aliphatic hydroxyl groups is 1. The summed E-state index contributed by atoms with van der Waals surface area (Å²) < 4.78 is 68.4. The molecule has 0 aromatic rings. The average molecular weight is 1470 g/mol. The molecule has 0 amide bonds. The van der Waals surface area contributed by atoms with E-state index in [0.717, 1.165) is 173 Å². The van der Waals surface area contributed by atoms with Crippen molar-refractivity contribution >= 4 is 39.5 Å². The minimum atomic E-state index is -5.00. The van der Waals surface area contributed by atoms with Gasteiger partial charge in [-0.1, -0.05) is 270 Å². The largest absolute Gasteiger partial charge is 0.472 e. The zero-order valence-corrected chi connectivity index (χ0v) is 65.3. The van der Waals surface area contributed by atoms with E-state index in [1.165, 1.54) is 38.5 Å². The van der Waals surface area contributed by atoms with Crippen molar-refractivity contribution in [3.05, 3.63) is 146 Å². The van der Waals surface area contributed by atoms with Crippen LogP contribution in [0.1, 0.15) is 297 Å².